The fourth-order valence-corrected chi connectivity index (χ4v) is 5.87. The summed E-state index contributed by atoms with van der Waals surface area (Å²) in [5.74, 6) is -0.412. The van der Waals surface area contributed by atoms with Gasteiger partial charge in [-0.1, -0.05) is 78.4 Å². The zero-order chi connectivity index (χ0) is 33.2. The zero-order valence-corrected chi connectivity index (χ0v) is 27.1. The minimum Gasteiger partial charge on any atom is -0.497 e. The Bertz CT molecular complexity index is 1890. The SMILES string of the molecule is COc1cccc(/C=C(\NC(=O)c2ccccc2)C(=O)Nc2ccc(SC(C(=O)Nc3ccc(C)cc3C)c3ccccc3)cc2)c1. The van der Waals surface area contributed by atoms with Gasteiger partial charge in [0.05, 0.1) is 7.11 Å². The molecule has 0 spiro atoms. The lowest BCUT2D eigenvalue weighted by Crippen LogP contribution is -2.30. The summed E-state index contributed by atoms with van der Waals surface area (Å²) in [6.07, 6.45) is 1.60. The number of aryl methyl sites for hydroxylation is 2. The molecule has 3 N–H and O–H groups in total. The highest BCUT2D eigenvalue weighted by atomic mass is 32.2. The number of anilines is 2. The van der Waals surface area contributed by atoms with Crippen LogP contribution in [0.5, 0.6) is 5.75 Å². The largest absolute Gasteiger partial charge is 0.497 e. The Morgan fingerprint density at radius 1 is 0.745 bits per heavy atom. The van der Waals surface area contributed by atoms with Crippen LogP contribution in [0.25, 0.3) is 6.08 Å². The third-order valence-corrected chi connectivity index (χ3v) is 8.55. The number of nitrogens with one attached hydrogen (secondary N) is 3. The van der Waals surface area contributed by atoms with E-state index in [1.165, 1.54) is 11.8 Å². The van der Waals surface area contributed by atoms with Crippen molar-refractivity contribution in [2.45, 2.75) is 24.0 Å². The number of benzene rings is 5. The molecule has 0 bridgehead atoms. The van der Waals surface area contributed by atoms with Gasteiger partial charge in [0.25, 0.3) is 11.8 Å². The first-order chi connectivity index (χ1) is 22.8. The van der Waals surface area contributed by atoms with Gasteiger partial charge in [0.1, 0.15) is 16.7 Å². The van der Waals surface area contributed by atoms with Crippen LogP contribution in [0.1, 0.15) is 37.9 Å². The van der Waals surface area contributed by atoms with E-state index in [2.05, 4.69) is 16.0 Å². The monoisotopic (exact) mass is 641 g/mol. The van der Waals surface area contributed by atoms with Gasteiger partial charge in [0.15, 0.2) is 0 Å². The molecule has 0 aliphatic rings. The van der Waals surface area contributed by atoms with Crippen LogP contribution in [0.3, 0.4) is 0 Å². The highest BCUT2D eigenvalue weighted by molar-refractivity contribution is 8.00. The number of ether oxygens (including phenoxy) is 1. The van der Waals surface area contributed by atoms with Gasteiger partial charge in [0.2, 0.25) is 5.91 Å². The van der Waals surface area contributed by atoms with Crippen molar-refractivity contribution in [2.75, 3.05) is 17.7 Å². The molecule has 236 valence electrons. The molecule has 0 heterocycles. The van der Waals surface area contributed by atoms with E-state index in [-0.39, 0.29) is 11.6 Å². The first kappa shape index (κ1) is 32.8. The smallest absolute Gasteiger partial charge is 0.272 e. The van der Waals surface area contributed by atoms with E-state index in [9.17, 15) is 14.4 Å². The predicted octanol–water partition coefficient (Wildman–Crippen LogP) is 8.19. The molecule has 8 heteroatoms. The molecule has 47 heavy (non-hydrogen) atoms. The number of amides is 3. The van der Waals surface area contributed by atoms with E-state index >= 15 is 0 Å². The molecule has 0 aliphatic carbocycles. The standard InChI is InChI=1S/C39H35N3O4S/c1-26-17-22-34(27(2)23-26)41-39(45)36(29-12-6-4-7-13-29)47-33-20-18-31(19-21-33)40-38(44)35(25-28-11-10-16-32(24-28)46-3)42-37(43)30-14-8-5-9-15-30/h4-25,36H,1-3H3,(H,40,44)(H,41,45)(H,42,43)/b35-25-. The summed E-state index contributed by atoms with van der Waals surface area (Å²) in [4.78, 5) is 40.9. The Labute approximate surface area is 279 Å². The van der Waals surface area contributed by atoms with Crippen molar-refractivity contribution in [2.24, 2.45) is 0 Å². The highest BCUT2D eigenvalue weighted by Gasteiger charge is 2.23. The molecule has 5 rings (SSSR count). The maximum Gasteiger partial charge on any atom is 0.272 e. The fourth-order valence-electron chi connectivity index (χ4n) is 4.84. The average molecular weight is 642 g/mol. The molecule has 0 radical (unpaired) electrons. The van der Waals surface area contributed by atoms with Crippen LogP contribution in [-0.4, -0.2) is 24.8 Å². The lowest BCUT2D eigenvalue weighted by molar-refractivity contribution is -0.116. The number of thioether (sulfide) groups is 1. The normalized spacial score (nSPS) is 11.7. The topological polar surface area (TPSA) is 96.5 Å². The van der Waals surface area contributed by atoms with Crippen LogP contribution in [-0.2, 0) is 9.59 Å². The minimum absolute atomic E-state index is 0.0674. The van der Waals surface area contributed by atoms with E-state index in [0.29, 0.717) is 22.6 Å². The Kier molecular flexibility index (Phi) is 10.9. The third kappa shape index (κ3) is 8.99. The van der Waals surface area contributed by atoms with E-state index in [1.54, 1.807) is 67.8 Å². The van der Waals surface area contributed by atoms with Gasteiger partial charge in [-0.15, -0.1) is 11.8 Å². The van der Waals surface area contributed by atoms with Crippen LogP contribution in [0, 0.1) is 13.8 Å². The Hall–Kier alpha value is -5.60. The van der Waals surface area contributed by atoms with Crippen LogP contribution in [0.15, 0.2) is 138 Å². The second kappa shape index (κ2) is 15.6. The Morgan fingerprint density at radius 3 is 2.13 bits per heavy atom. The van der Waals surface area contributed by atoms with Crippen LogP contribution < -0.4 is 20.7 Å². The molecule has 7 nitrogen and oxygen atoms in total. The lowest BCUT2D eigenvalue weighted by Gasteiger charge is -2.18. The van der Waals surface area contributed by atoms with Gasteiger partial charge in [-0.25, -0.2) is 0 Å². The Balaban J connectivity index is 1.34. The number of carbonyl (C=O) groups is 3. The average Bonchev–Trinajstić information content (AvgIpc) is 3.09. The van der Waals surface area contributed by atoms with Crippen LogP contribution >= 0.6 is 11.8 Å². The summed E-state index contributed by atoms with van der Waals surface area (Å²) in [6, 6.07) is 38.7. The van der Waals surface area contributed by atoms with Crippen molar-refractivity contribution in [3.05, 3.63) is 161 Å². The molecule has 0 fully saturated rings. The molecule has 0 saturated heterocycles. The van der Waals surface area contributed by atoms with E-state index < -0.39 is 17.1 Å². The van der Waals surface area contributed by atoms with Gasteiger partial charge in [0, 0.05) is 21.8 Å². The van der Waals surface area contributed by atoms with E-state index in [0.717, 1.165) is 27.3 Å². The molecular formula is C39H35N3O4S. The van der Waals surface area contributed by atoms with Crippen molar-refractivity contribution >= 4 is 46.9 Å². The molecule has 5 aromatic rings. The van der Waals surface area contributed by atoms with Crippen LogP contribution in [0.4, 0.5) is 11.4 Å². The molecule has 3 amide bonds. The van der Waals surface area contributed by atoms with Crippen LogP contribution in [0.2, 0.25) is 0 Å². The number of carbonyl (C=O) groups excluding carboxylic acids is 3. The molecule has 1 unspecified atom stereocenters. The highest BCUT2D eigenvalue weighted by Crippen LogP contribution is 2.37. The summed E-state index contributed by atoms with van der Waals surface area (Å²) >= 11 is 1.42. The number of rotatable bonds is 11. The van der Waals surface area contributed by atoms with E-state index in [1.807, 2.05) is 86.6 Å². The number of methoxy groups -OCH3 is 1. The quantitative estimate of drug-likeness (QED) is 0.0998. The first-order valence-corrected chi connectivity index (χ1v) is 15.9. The third-order valence-electron chi connectivity index (χ3n) is 7.28. The minimum atomic E-state index is -0.511. The molecule has 1 atom stereocenters. The molecule has 0 saturated carbocycles. The lowest BCUT2D eigenvalue weighted by atomic mass is 10.1. The van der Waals surface area contributed by atoms with Gasteiger partial charge in [-0.3, -0.25) is 14.4 Å². The zero-order valence-electron chi connectivity index (χ0n) is 26.3. The number of hydrogen-bond donors (Lipinski definition) is 3. The summed E-state index contributed by atoms with van der Waals surface area (Å²) in [5, 5.41) is 8.22. The molecular weight excluding hydrogens is 607 g/mol. The van der Waals surface area contributed by atoms with Crippen molar-refractivity contribution < 1.29 is 19.1 Å². The summed E-state index contributed by atoms with van der Waals surface area (Å²) in [6.45, 7) is 4.00. The second-order valence-corrected chi connectivity index (χ2v) is 12.0. The van der Waals surface area contributed by atoms with E-state index in [4.69, 9.17) is 4.74 Å². The first-order valence-electron chi connectivity index (χ1n) is 15.0. The second-order valence-electron chi connectivity index (χ2n) is 10.8. The number of hydrogen-bond acceptors (Lipinski definition) is 5. The summed E-state index contributed by atoms with van der Waals surface area (Å²) in [7, 11) is 1.56. The maximum atomic E-state index is 13.6. The molecule has 0 aliphatic heterocycles. The molecule has 5 aromatic carbocycles. The van der Waals surface area contributed by atoms with Gasteiger partial charge < -0.3 is 20.7 Å². The Morgan fingerprint density at radius 2 is 1.45 bits per heavy atom. The fraction of sp³-hybridized carbons (Fsp3) is 0.103. The van der Waals surface area contributed by atoms with Gasteiger partial charge >= 0.3 is 0 Å². The summed E-state index contributed by atoms with van der Waals surface area (Å²) < 4.78 is 5.32. The maximum absolute atomic E-state index is 13.6. The van der Waals surface area contributed by atoms with Crippen molar-refractivity contribution in [1.82, 2.24) is 5.32 Å². The summed E-state index contributed by atoms with van der Waals surface area (Å²) in [5.41, 5.74) is 5.47. The van der Waals surface area contributed by atoms with Crippen molar-refractivity contribution in [3.63, 3.8) is 0 Å². The van der Waals surface area contributed by atoms with Gasteiger partial charge in [-0.2, -0.15) is 0 Å². The van der Waals surface area contributed by atoms with Gasteiger partial charge in [-0.05, 0) is 91.2 Å². The predicted molar refractivity (Wildman–Crippen MR) is 190 cm³/mol. The van der Waals surface area contributed by atoms with Crippen molar-refractivity contribution in [1.29, 1.82) is 0 Å². The van der Waals surface area contributed by atoms with Crippen molar-refractivity contribution in [3.8, 4) is 5.75 Å². The molecule has 0 aromatic heterocycles.